The number of benzene rings is 1. The maximum absolute atomic E-state index is 12.5. The fraction of sp³-hybridized carbons (Fsp3) is 0.533. The predicted molar refractivity (Wildman–Crippen MR) is 82.1 cm³/mol. The first-order chi connectivity index (χ1) is 9.94. The molecule has 0 spiro atoms. The molecule has 1 saturated heterocycles. The molecule has 114 valence electrons. The van der Waals surface area contributed by atoms with Gasteiger partial charge in [0, 0.05) is 12.2 Å². The fourth-order valence-corrected chi connectivity index (χ4v) is 4.49. The lowest BCUT2D eigenvalue weighted by molar-refractivity contribution is 0.186. The molecule has 1 saturated carbocycles. The Hall–Kier alpha value is -1.56. The quantitative estimate of drug-likeness (QED) is 0.909. The van der Waals surface area contributed by atoms with E-state index in [0.29, 0.717) is 12.5 Å². The number of amides is 2. The summed E-state index contributed by atoms with van der Waals surface area (Å²) in [5, 5.41) is 2.88. The number of carbonyl (C=O) groups excluding carboxylic acids is 1. The third kappa shape index (κ3) is 3.37. The molecule has 1 N–H and O–H groups in total. The maximum atomic E-state index is 12.5. The highest BCUT2D eigenvalue weighted by molar-refractivity contribution is 7.91. The molecular formula is C15H20N2O3S. The smallest absolute Gasteiger partial charge is 0.319 e. The van der Waals surface area contributed by atoms with Gasteiger partial charge in [0.25, 0.3) is 0 Å². The standard InChI is InChI=1S/C15H20N2O3S/c1-11-3-2-4-13(9-11)16-15(18)17-7-8-21(19,20)10-14(17)12-5-6-12/h2-4,9,12,14H,5-8,10H2,1H3,(H,16,18). The second-order valence-electron chi connectivity index (χ2n) is 6.01. The van der Waals surface area contributed by atoms with E-state index in [0.717, 1.165) is 24.1 Å². The van der Waals surface area contributed by atoms with Gasteiger partial charge in [0.2, 0.25) is 0 Å². The van der Waals surface area contributed by atoms with E-state index in [1.807, 2.05) is 31.2 Å². The fourth-order valence-electron chi connectivity index (χ4n) is 2.88. The Kier molecular flexibility index (Phi) is 3.65. The van der Waals surface area contributed by atoms with Crippen LogP contribution in [0.1, 0.15) is 18.4 Å². The molecule has 2 aliphatic rings. The molecule has 1 aromatic carbocycles. The van der Waals surface area contributed by atoms with Gasteiger partial charge in [-0.2, -0.15) is 0 Å². The SMILES string of the molecule is Cc1cccc(NC(=O)N2CCS(=O)(=O)CC2C2CC2)c1. The molecule has 0 radical (unpaired) electrons. The van der Waals surface area contributed by atoms with Crippen LogP contribution in [0.15, 0.2) is 24.3 Å². The van der Waals surface area contributed by atoms with Crippen molar-refractivity contribution in [2.45, 2.75) is 25.8 Å². The molecule has 1 aliphatic carbocycles. The van der Waals surface area contributed by atoms with Crippen molar-refractivity contribution < 1.29 is 13.2 Å². The zero-order valence-electron chi connectivity index (χ0n) is 12.1. The van der Waals surface area contributed by atoms with Crippen LogP contribution in [-0.2, 0) is 9.84 Å². The second kappa shape index (κ2) is 5.33. The highest BCUT2D eigenvalue weighted by atomic mass is 32.2. The minimum Gasteiger partial charge on any atom is -0.319 e. The highest BCUT2D eigenvalue weighted by Crippen LogP contribution is 2.37. The number of nitrogens with one attached hydrogen (secondary N) is 1. The molecule has 0 aromatic heterocycles. The van der Waals surface area contributed by atoms with Crippen molar-refractivity contribution in [3.8, 4) is 0 Å². The Labute approximate surface area is 125 Å². The van der Waals surface area contributed by atoms with E-state index in [1.165, 1.54) is 0 Å². The van der Waals surface area contributed by atoms with Crippen molar-refractivity contribution >= 4 is 21.6 Å². The topological polar surface area (TPSA) is 66.5 Å². The minimum atomic E-state index is -3.00. The van der Waals surface area contributed by atoms with Gasteiger partial charge in [-0.15, -0.1) is 0 Å². The number of rotatable bonds is 2. The van der Waals surface area contributed by atoms with Crippen molar-refractivity contribution in [1.82, 2.24) is 4.90 Å². The van der Waals surface area contributed by atoms with Gasteiger partial charge in [-0.25, -0.2) is 13.2 Å². The van der Waals surface area contributed by atoms with Gasteiger partial charge < -0.3 is 10.2 Å². The van der Waals surface area contributed by atoms with E-state index in [9.17, 15) is 13.2 Å². The van der Waals surface area contributed by atoms with Crippen molar-refractivity contribution in [3.05, 3.63) is 29.8 Å². The van der Waals surface area contributed by atoms with Crippen molar-refractivity contribution in [1.29, 1.82) is 0 Å². The van der Waals surface area contributed by atoms with Gasteiger partial charge in [-0.3, -0.25) is 0 Å². The number of sulfone groups is 1. The zero-order chi connectivity index (χ0) is 15.0. The number of hydrogen-bond acceptors (Lipinski definition) is 3. The molecule has 1 heterocycles. The molecule has 21 heavy (non-hydrogen) atoms. The number of aryl methyl sites for hydroxylation is 1. The van der Waals surface area contributed by atoms with Gasteiger partial charge >= 0.3 is 6.03 Å². The van der Waals surface area contributed by atoms with Gasteiger partial charge in [0.05, 0.1) is 17.5 Å². The van der Waals surface area contributed by atoms with Gasteiger partial charge in [-0.05, 0) is 43.4 Å². The molecule has 1 unspecified atom stereocenters. The van der Waals surface area contributed by atoms with Crippen LogP contribution in [0.2, 0.25) is 0 Å². The summed E-state index contributed by atoms with van der Waals surface area (Å²) in [5.74, 6) is 0.527. The minimum absolute atomic E-state index is 0.0669. The summed E-state index contributed by atoms with van der Waals surface area (Å²) in [4.78, 5) is 14.2. The third-order valence-corrected chi connectivity index (χ3v) is 5.82. The highest BCUT2D eigenvalue weighted by Gasteiger charge is 2.43. The van der Waals surface area contributed by atoms with Crippen molar-refractivity contribution in [2.24, 2.45) is 5.92 Å². The van der Waals surface area contributed by atoms with Gasteiger partial charge in [-0.1, -0.05) is 12.1 Å². The number of hydrogen-bond donors (Lipinski definition) is 1. The zero-order valence-corrected chi connectivity index (χ0v) is 12.9. The molecule has 6 heteroatoms. The van der Waals surface area contributed by atoms with Crippen LogP contribution in [0.25, 0.3) is 0 Å². The third-order valence-electron chi connectivity index (χ3n) is 4.16. The maximum Gasteiger partial charge on any atom is 0.322 e. The monoisotopic (exact) mass is 308 g/mol. The Balaban J connectivity index is 1.73. The van der Waals surface area contributed by atoms with Crippen LogP contribution in [-0.4, -0.2) is 43.4 Å². The Morgan fingerprint density at radius 1 is 1.33 bits per heavy atom. The molecule has 3 rings (SSSR count). The van der Waals surface area contributed by atoms with E-state index in [2.05, 4.69) is 5.32 Å². The molecule has 1 atom stereocenters. The summed E-state index contributed by atoms with van der Waals surface area (Å²) < 4.78 is 23.6. The Bertz CT molecular complexity index is 653. The van der Waals surface area contributed by atoms with Crippen LogP contribution in [0.3, 0.4) is 0 Å². The van der Waals surface area contributed by atoms with Crippen LogP contribution in [0.4, 0.5) is 10.5 Å². The van der Waals surface area contributed by atoms with E-state index < -0.39 is 9.84 Å². The summed E-state index contributed by atoms with van der Waals surface area (Å²) in [6.45, 7) is 2.26. The van der Waals surface area contributed by atoms with E-state index in [4.69, 9.17) is 0 Å². The van der Waals surface area contributed by atoms with Crippen LogP contribution >= 0.6 is 0 Å². The predicted octanol–water partition coefficient (Wildman–Crippen LogP) is 2.04. The molecule has 2 amide bonds. The largest absolute Gasteiger partial charge is 0.322 e. The second-order valence-corrected chi connectivity index (χ2v) is 8.24. The van der Waals surface area contributed by atoms with Crippen LogP contribution in [0, 0.1) is 12.8 Å². The number of urea groups is 1. The Morgan fingerprint density at radius 2 is 2.10 bits per heavy atom. The summed E-state index contributed by atoms with van der Waals surface area (Å²) in [5.41, 5.74) is 1.83. The van der Waals surface area contributed by atoms with E-state index in [-0.39, 0.29) is 23.6 Å². The average molecular weight is 308 g/mol. The van der Waals surface area contributed by atoms with E-state index >= 15 is 0 Å². The number of nitrogens with zero attached hydrogens (tertiary/aromatic N) is 1. The molecule has 2 fully saturated rings. The first-order valence-electron chi connectivity index (χ1n) is 7.29. The molecule has 5 nitrogen and oxygen atoms in total. The van der Waals surface area contributed by atoms with Crippen LogP contribution < -0.4 is 5.32 Å². The Morgan fingerprint density at radius 3 is 2.76 bits per heavy atom. The summed E-state index contributed by atoms with van der Waals surface area (Å²) in [6, 6.07) is 7.27. The lowest BCUT2D eigenvalue weighted by Gasteiger charge is -2.35. The van der Waals surface area contributed by atoms with E-state index in [1.54, 1.807) is 4.90 Å². The van der Waals surface area contributed by atoms with Crippen molar-refractivity contribution in [3.63, 3.8) is 0 Å². The lowest BCUT2D eigenvalue weighted by atomic mass is 10.2. The van der Waals surface area contributed by atoms with Gasteiger partial charge in [0.15, 0.2) is 9.84 Å². The molecule has 1 aliphatic heterocycles. The average Bonchev–Trinajstić information content (AvgIpc) is 3.21. The van der Waals surface area contributed by atoms with Crippen LogP contribution in [0.5, 0.6) is 0 Å². The van der Waals surface area contributed by atoms with Crippen molar-refractivity contribution in [2.75, 3.05) is 23.4 Å². The summed E-state index contributed by atoms with van der Waals surface area (Å²) >= 11 is 0. The number of anilines is 1. The first kappa shape index (κ1) is 14.4. The summed E-state index contributed by atoms with van der Waals surface area (Å²) in [6.07, 6.45) is 2.04. The first-order valence-corrected chi connectivity index (χ1v) is 9.11. The molecular weight excluding hydrogens is 288 g/mol. The summed E-state index contributed by atoms with van der Waals surface area (Å²) in [7, 11) is -3.00. The normalized spacial score (nSPS) is 24.6. The molecule has 0 bridgehead atoms. The lowest BCUT2D eigenvalue weighted by Crippen LogP contribution is -2.53. The van der Waals surface area contributed by atoms with Gasteiger partial charge in [0.1, 0.15) is 0 Å². The molecule has 1 aromatic rings. The number of carbonyl (C=O) groups is 1.